The monoisotopic (exact) mass is 262 g/mol. The fourth-order valence-corrected chi connectivity index (χ4v) is 1.96. The number of anilines is 1. The van der Waals surface area contributed by atoms with Crippen molar-refractivity contribution in [2.75, 3.05) is 11.9 Å². The van der Waals surface area contributed by atoms with Gasteiger partial charge < -0.3 is 10.4 Å². The number of urea groups is 1. The Morgan fingerprint density at radius 2 is 1.95 bits per heavy atom. The van der Waals surface area contributed by atoms with Crippen molar-refractivity contribution in [3.8, 4) is 0 Å². The van der Waals surface area contributed by atoms with Gasteiger partial charge in [0.1, 0.15) is 0 Å². The Balaban J connectivity index is 2.04. The first-order chi connectivity index (χ1) is 9.08. The molecule has 1 aromatic carbocycles. The minimum atomic E-state index is -0.981. The molecule has 1 aliphatic rings. The van der Waals surface area contributed by atoms with Gasteiger partial charge in [0.2, 0.25) is 5.91 Å². The molecule has 6 nitrogen and oxygen atoms in total. The van der Waals surface area contributed by atoms with E-state index in [4.69, 9.17) is 5.11 Å². The Morgan fingerprint density at radius 1 is 1.26 bits per heavy atom. The summed E-state index contributed by atoms with van der Waals surface area (Å²) in [7, 11) is 0. The molecule has 1 aliphatic heterocycles. The summed E-state index contributed by atoms with van der Waals surface area (Å²) in [6.45, 7) is -0.0766. The van der Waals surface area contributed by atoms with Gasteiger partial charge in [-0.1, -0.05) is 18.2 Å². The Kier molecular flexibility index (Phi) is 3.79. The number of benzene rings is 1. The summed E-state index contributed by atoms with van der Waals surface area (Å²) in [5, 5.41) is 11.5. The lowest BCUT2D eigenvalue weighted by atomic mass is 9.98. The minimum Gasteiger partial charge on any atom is -0.481 e. The molecule has 2 rings (SSSR count). The lowest BCUT2D eigenvalue weighted by Crippen LogP contribution is -2.47. The molecular weight excluding hydrogens is 248 g/mol. The molecule has 1 unspecified atom stereocenters. The van der Waals surface area contributed by atoms with Crippen molar-refractivity contribution < 1.29 is 19.5 Å². The number of amides is 3. The number of para-hydroxylation sites is 1. The van der Waals surface area contributed by atoms with Crippen molar-refractivity contribution in [2.45, 2.75) is 12.8 Å². The van der Waals surface area contributed by atoms with Crippen LogP contribution in [0.3, 0.4) is 0 Å². The quantitative estimate of drug-likeness (QED) is 0.846. The van der Waals surface area contributed by atoms with E-state index in [9.17, 15) is 14.4 Å². The number of hydrogen-bond acceptors (Lipinski definition) is 3. The van der Waals surface area contributed by atoms with Crippen molar-refractivity contribution >= 4 is 23.6 Å². The third-order valence-electron chi connectivity index (χ3n) is 3.03. The van der Waals surface area contributed by atoms with E-state index in [0.29, 0.717) is 5.69 Å². The molecule has 2 N–H and O–H groups in total. The molecule has 1 aromatic rings. The number of aliphatic carboxylic acids is 1. The highest BCUT2D eigenvalue weighted by atomic mass is 16.4. The van der Waals surface area contributed by atoms with E-state index in [-0.39, 0.29) is 25.3 Å². The first kappa shape index (κ1) is 13.1. The Labute approximate surface area is 110 Å². The number of nitrogens with one attached hydrogen (secondary N) is 1. The molecule has 0 aliphatic carbocycles. The van der Waals surface area contributed by atoms with Crippen LogP contribution in [0.2, 0.25) is 0 Å². The fourth-order valence-electron chi connectivity index (χ4n) is 1.96. The third kappa shape index (κ3) is 3.09. The highest BCUT2D eigenvalue weighted by molar-refractivity contribution is 6.02. The predicted octanol–water partition coefficient (Wildman–Crippen LogP) is 1.54. The SMILES string of the molecule is O=C(O)C1CCC(=O)N(C(=O)Nc2ccccc2)C1. The summed E-state index contributed by atoms with van der Waals surface area (Å²) in [4.78, 5) is 35.5. The van der Waals surface area contributed by atoms with Crippen LogP contribution in [0.1, 0.15) is 12.8 Å². The van der Waals surface area contributed by atoms with E-state index in [2.05, 4.69) is 5.32 Å². The zero-order chi connectivity index (χ0) is 13.8. The molecule has 100 valence electrons. The van der Waals surface area contributed by atoms with Gasteiger partial charge in [-0.15, -0.1) is 0 Å². The molecule has 19 heavy (non-hydrogen) atoms. The average molecular weight is 262 g/mol. The minimum absolute atomic E-state index is 0.0766. The number of carbonyl (C=O) groups is 3. The van der Waals surface area contributed by atoms with Crippen molar-refractivity contribution in [1.29, 1.82) is 0 Å². The second kappa shape index (κ2) is 5.51. The van der Waals surface area contributed by atoms with Gasteiger partial charge in [0.15, 0.2) is 0 Å². The van der Waals surface area contributed by atoms with Crippen LogP contribution in [0, 0.1) is 5.92 Å². The van der Waals surface area contributed by atoms with Crippen LogP contribution in [0.4, 0.5) is 10.5 Å². The molecule has 1 atom stereocenters. The number of piperidine rings is 1. The van der Waals surface area contributed by atoms with Gasteiger partial charge >= 0.3 is 12.0 Å². The van der Waals surface area contributed by atoms with Gasteiger partial charge in [-0.2, -0.15) is 0 Å². The second-order valence-electron chi connectivity index (χ2n) is 4.37. The molecule has 0 bridgehead atoms. The normalized spacial score (nSPS) is 19.1. The summed E-state index contributed by atoms with van der Waals surface area (Å²) < 4.78 is 0. The van der Waals surface area contributed by atoms with Gasteiger partial charge in [-0.3, -0.25) is 14.5 Å². The molecule has 0 aromatic heterocycles. The van der Waals surface area contributed by atoms with Crippen molar-refractivity contribution in [3.05, 3.63) is 30.3 Å². The topological polar surface area (TPSA) is 86.7 Å². The van der Waals surface area contributed by atoms with Crippen LogP contribution in [0.15, 0.2) is 30.3 Å². The van der Waals surface area contributed by atoms with E-state index < -0.39 is 17.9 Å². The standard InChI is InChI=1S/C13H14N2O4/c16-11-7-6-9(12(17)18)8-15(11)13(19)14-10-4-2-1-3-5-10/h1-5,9H,6-8H2,(H,14,19)(H,17,18). The van der Waals surface area contributed by atoms with Crippen molar-refractivity contribution in [2.24, 2.45) is 5.92 Å². The van der Waals surface area contributed by atoms with Crippen LogP contribution in [-0.4, -0.2) is 34.5 Å². The van der Waals surface area contributed by atoms with Gasteiger partial charge in [0, 0.05) is 18.7 Å². The van der Waals surface area contributed by atoms with Gasteiger partial charge in [-0.05, 0) is 18.6 Å². The van der Waals surface area contributed by atoms with Crippen LogP contribution >= 0.6 is 0 Å². The molecule has 1 saturated heterocycles. The zero-order valence-corrected chi connectivity index (χ0v) is 10.2. The molecule has 6 heteroatoms. The number of carbonyl (C=O) groups excluding carboxylic acids is 2. The third-order valence-corrected chi connectivity index (χ3v) is 3.03. The van der Waals surface area contributed by atoms with Gasteiger partial charge in [-0.25, -0.2) is 4.79 Å². The van der Waals surface area contributed by atoms with E-state index in [0.717, 1.165) is 4.90 Å². The number of rotatable bonds is 2. The van der Waals surface area contributed by atoms with Crippen LogP contribution in [-0.2, 0) is 9.59 Å². The number of hydrogen-bond donors (Lipinski definition) is 2. The van der Waals surface area contributed by atoms with Crippen LogP contribution in [0.25, 0.3) is 0 Å². The van der Waals surface area contributed by atoms with E-state index in [1.54, 1.807) is 24.3 Å². The van der Waals surface area contributed by atoms with E-state index >= 15 is 0 Å². The smallest absolute Gasteiger partial charge is 0.328 e. The summed E-state index contributed by atoms with van der Waals surface area (Å²) in [5.41, 5.74) is 0.567. The molecule has 0 saturated carbocycles. The van der Waals surface area contributed by atoms with E-state index in [1.165, 1.54) is 0 Å². The maximum absolute atomic E-state index is 11.9. The predicted molar refractivity (Wildman–Crippen MR) is 67.5 cm³/mol. The summed E-state index contributed by atoms with van der Waals surface area (Å²) in [6.07, 6.45) is 0.364. The largest absolute Gasteiger partial charge is 0.481 e. The maximum Gasteiger partial charge on any atom is 0.328 e. The molecular formula is C13H14N2O4. The van der Waals surface area contributed by atoms with Crippen molar-refractivity contribution in [3.63, 3.8) is 0 Å². The van der Waals surface area contributed by atoms with Crippen LogP contribution in [0.5, 0.6) is 0 Å². The van der Waals surface area contributed by atoms with Crippen molar-refractivity contribution in [1.82, 2.24) is 4.90 Å². The molecule has 1 fully saturated rings. The first-order valence-electron chi connectivity index (χ1n) is 5.97. The summed E-state index contributed by atoms with van der Waals surface area (Å²) in [6, 6.07) is 8.13. The fraction of sp³-hybridized carbons (Fsp3) is 0.308. The molecule has 0 spiro atoms. The average Bonchev–Trinajstić information content (AvgIpc) is 2.40. The molecule has 1 heterocycles. The van der Waals surface area contributed by atoms with E-state index in [1.807, 2.05) is 6.07 Å². The number of likely N-dealkylation sites (tertiary alicyclic amines) is 1. The Morgan fingerprint density at radius 3 is 2.58 bits per heavy atom. The number of nitrogens with zero attached hydrogens (tertiary/aromatic N) is 1. The Hall–Kier alpha value is -2.37. The lowest BCUT2D eigenvalue weighted by molar-refractivity contribution is -0.145. The van der Waals surface area contributed by atoms with Gasteiger partial charge in [0.05, 0.1) is 5.92 Å². The highest BCUT2D eigenvalue weighted by Crippen LogP contribution is 2.19. The number of carboxylic acids is 1. The van der Waals surface area contributed by atoms with Gasteiger partial charge in [0.25, 0.3) is 0 Å². The Bertz CT molecular complexity index is 501. The zero-order valence-electron chi connectivity index (χ0n) is 10.2. The summed E-state index contributed by atoms with van der Waals surface area (Å²) in [5.74, 6) is -2.00. The molecule has 3 amide bonds. The maximum atomic E-state index is 11.9. The van der Waals surface area contributed by atoms with Crippen LogP contribution < -0.4 is 5.32 Å². The number of carboxylic acid groups (broad SMARTS) is 1. The molecule has 0 radical (unpaired) electrons. The second-order valence-corrected chi connectivity index (χ2v) is 4.37. The lowest BCUT2D eigenvalue weighted by Gasteiger charge is -2.28. The first-order valence-corrected chi connectivity index (χ1v) is 5.97. The highest BCUT2D eigenvalue weighted by Gasteiger charge is 2.33. The number of imide groups is 1. The summed E-state index contributed by atoms with van der Waals surface area (Å²) >= 11 is 0.